The molecule has 5 nitrogen and oxygen atoms in total. The highest BCUT2D eigenvalue weighted by Crippen LogP contribution is 2.30. The molecule has 2 heterocycles. The molecular weight excluding hydrogens is 286 g/mol. The number of hydrogen-bond donors (Lipinski definition) is 2. The number of nitrogens with zero attached hydrogens (tertiary/aromatic N) is 1. The zero-order valence-corrected chi connectivity index (χ0v) is 14.5. The summed E-state index contributed by atoms with van der Waals surface area (Å²) in [7, 11) is -3.40. The van der Waals surface area contributed by atoms with Gasteiger partial charge in [0.05, 0.1) is 0 Å². The number of hydrogen-bond acceptors (Lipinski definition) is 3. The molecule has 21 heavy (non-hydrogen) atoms. The minimum absolute atomic E-state index is 0.175. The minimum atomic E-state index is -3.40. The fourth-order valence-electron chi connectivity index (χ4n) is 3.55. The lowest BCUT2D eigenvalue weighted by atomic mass is 9.88. The van der Waals surface area contributed by atoms with E-state index >= 15 is 0 Å². The summed E-state index contributed by atoms with van der Waals surface area (Å²) in [6.07, 6.45) is 6.46. The molecule has 6 heteroatoms. The van der Waals surface area contributed by atoms with Gasteiger partial charge < -0.3 is 5.32 Å². The summed E-state index contributed by atoms with van der Waals surface area (Å²) >= 11 is 0. The third-order valence-electron chi connectivity index (χ3n) is 4.42. The summed E-state index contributed by atoms with van der Waals surface area (Å²) in [6.45, 7) is 8.41. The first-order chi connectivity index (χ1) is 9.80. The quantitative estimate of drug-likeness (QED) is 0.835. The first kappa shape index (κ1) is 17.2. The second-order valence-electron chi connectivity index (χ2n) is 7.47. The van der Waals surface area contributed by atoms with E-state index in [1.54, 1.807) is 4.31 Å². The van der Waals surface area contributed by atoms with Gasteiger partial charge in [-0.15, -0.1) is 0 Å². The van der Waals surface area contributed by atoms with E-state index in [9.17, 15) is 8.42 Å². The maximum atomic E-state index is 12.8. The largest absolute Gasteiger partial charge is 0.317 e. The van der Waals surface area contributed by atoms with Gasteiger partial charge in [0, 0.05) is 18.1 Å². The molecule has 0 amide bonds. The van der Waals surface area contributed by atoms with Gasteiger partial charge in [0.1, 0.15) is 0 Å². The van der Waals surface area contributed by atoms with Crippen molar-refractivity contribution in [3.63, 3.8) is 0 Å². The highest BCUT2D eigenvalue weighted by molar-refractivity contribution is 7.87. The standard InChI is InChI=1S/C15H31N3O2S/c1-15(2,3)17-21(19,20)18-12-6-4-5-7-14(18)13-8-10-16-11-9-13/h13-14,16-17H,4-12H2,1-3H3. The molecule has 1 unspecified atom stereocenters. The molecule has 1 atom stereocenters. The molecule has 0 aromatic rings. The van der Waals surface area contributed by atoms with Crippen molar-refractivity contribution in [2.75, 3.05) is 19.6 Å². The van der Waals surface area contributed by atoms with Gasteiger partial charge in [0.15, 0.2) is 0 Å². The Balaban J connectivity index is 2.18. The highest BCUT2D eigenvalue weighted by Gasteiger charge is 2.37. The van der Waals surface area contributed by atoms with Gasteiger partial charge in [0.25, 0.3) is 10.2 Å². The van der Waals surface area contributed by atoms with Crippen LogP contribution in [0, 0.1) is 5.92 Å². The molecule has 0 spiro atoms. The molecule has 0 aromatic carbocycles. The van der Waals surface area contributed by atoms with Gasteiger partial charge in [-0.05, 0) is 65.5 Å². The van der Waals surface area contributed by atoms with Crippen LogP contribution < -0.4 is 10.0 Å². The molecule has 2 N–H and O–H groups in total. The summed E-state index contributed by atoms with van der Waals surface area (Å²) in [5.74, 6) is 0.501. The molecule has 2 aliphatic heterocycles. The average molecular weight is 317 g/mol. The van der Waals surface area contributed by atoms with Gasteiger partial charge in [-0.25, -0.2) is 0 Å². The van der Waals surface area contributed by atoms with E-state index < -0.39 is 15.7 Å². The van der Waals surface area contributed by atoms with Crippen molar-refractivity contribution in [1.82, 2.24) is 14.3 Å². The second-order valence-corrected chi connectivity index (χ2v) is 9.10. The summed E-state index contributed by atoms with van der Waals surface area (Å²) in [6, 6.07) is 0.175. The summed E-state index contributed by atoms with van der Waals surface area (Å²) in [5.41, 5.74) is -0.427. The van der Waals surface area contributed by atoms with Crippen molar-refractivity contribution < 1.29 is 8.42 Å². The van der Waals surface area contributed by atoms with Crippen LogP contribution in [0.3, 0.4) is 0 Å². The Morgan fingerprint density at radius 3 is 2.33 bits per heavy atom. The molecule has 0 bridgehead atoms. The topological polar surface area (TPSA) is 61.4 Å². The van der Waals surface area contributed by atoms with Crippen LogP contribution >= 0.6 is 0 Å². The lowest BCUT2D eigenvalue weighted by Crippen LogP contribution is -2.54. The first-order valence-electron chi connectivity index (χ1n) is 8.31. The third kappa shape index (κ3) is 4.91. The molecule has 2 rings (SSSR count). The van der Waals surface area contributed by atoms with Gasteiger partial charge in [-0.1, -0.05) is 12.8 Å². The monoisotopic (exact) mass is 317 g/mol. The van der Waals surface area contributed by atoms with E-state index in [2.05, 4.69) is 10.0 Å². The van der Waals surface area contributed by atoms with Gasteiger partial charge >= 0.3 is 0 Å². The zero-order chi connectivity index (χ0) is 15.5. The Morgan fingerprint density at radius 2 is 1.71 bits per heavy atom. The summed E-state index contributed by atoms with van der Waals surface area (Å²) in [5, 5.41) is 3.38. The Bertz CT molecular complexity index is 425. The van der Waals surface area contributed by atoms with Crippen molar-refractivity contribution in [3.8, 4) is 0 Å². The van der Waals surface area contributed by atoms with Crippen LogP contribution in [0.1, 0.15) is 59.3 Å². The number of nitrogens with one attached hydrogen (secondary N) is 2. The molecule has 0 saturated carbocycles. The molecule has 2 fully saturated rings. The van der Waals surface area contributed by atoms with E-state index in [-0.39, 0.29) is 6.04 Å². The van der Waals surface area contributed by atoms with Crippen LogP contribution in [0.25, 0.3) is 0 Å². The average Bonchev–Trinajstić information content (AvgIpc) is 2.63. The van der Waals surface area contributed by atoms with Crippen LogP contribution in [0.4, 0.5) is 0 Å². The normalized spacial score (nSPS) is 27.5. The van der Waals surface area contributed by atoms with Crippen LogP contribution in [0.5, 0.6) is 0 Å². The summed E-state index contributed by atoms with van der Waals surface area (Å²) < 4.78 is 30.2. The van der Waals surface area contributed by atoms with Crippen LogP contribution in [-0.4, -0.2) is 43.9 Å². The highest BCUT2D eigenvalue weighted by atomic mass is 32.2. The SMILES string of the molecule is CC(C)(C)NS(=O)(=O)N1CCCCCC1C1CCNCC1. The van der Waals surface area contributed by atoms with E-state index in [0.717, 1.165) is 51.6 Å². The fourth-order valence-corrected chi connectivity index (χ4v) is 5.45. The lowest BCUT2D eigenvalue weighted by Gasteiger charge is -2.38. The fraction of sp³-hybridized carbons (Fsp3) is 1.00. The second kappa shape index (κ2) is 6.94. The van der Waals surface area contributed by atoms with Crippen molar-refractivity contribution in [1.29, 1.82) is 0 Å². The van der Waals surface area contributed by atoms with Crippen molar-refractivity contribution >= 4 is 10.2 Å². The van der Waals surface area contributed by atoms with Gasteiger partial charge in [-0.3, -0.25) is 0 Å². The van der Waals surface area contributed by atoms with Gasteiger partial charge in [0.2, 0.25) is 0 Å². The Kier molecular flexibility index (Phi) is 5.68. The maximum absolute atomic E-state index is 12.8. The molecule has 0 aromatic heterocycles. The molecule has 2 aliphatic rings. The van der Waals surface area contributed by atoms with Gasteiger partial charge in [-0.2, -0.15) is 17.4 Å². The lowest BCUT2D eigenvalue weighted by molar-refractivity contribution is 0.194. The first-order valence-corrected chi connectivity index (χ1v) is 9.75. The zero-order valence-electron chi connectivity index (χ0n) is 13.7. The smallest absolute Gasteiger partial charge is 0.280 e. The molecular formula is C15H31N3O2S. The number of piperidine rings is 1. The van der Waals surface area contributed by atoms with Crippen molar-refractivity contribution in [2.45, 2.75) is 70.9 Å². The third-order valence-corrected chi connectivity index (χ3v) is 6.36. The van der Waals surface area contributed by atoms with Crippen LogP contribution in [0.15, 0.2) is 0 Å². The van der Waals surface area contributed by atoms with Crippen LogP contribution in [-0.2, 0) is 10.2 Å². The number of rotatable bonds is 3. The molecule has 0 radical (unpaired) electrons. The molecule has 124 valence electrons. The van der Waals surface area contributed by atoms with E-state index in [1.165, 1.54) is 0 Å². The van der Waals surface area contributed by atoms with E-state index in [0.29, 0.717) is 12.5 Å². The predicted octanol–water partition coefficient (Wildman–Crippen LogP) is 1.86. The van der Waals surface area contributed by atoms with Crippen molar-refractivity contribution in [3.05, 3.63) is 0 Å². The van der Waals surface area contributed by atoms with E-state index in [1.807, 2.05) is 20.8 Å². The Hall–Kier alpha value is -0.170. The molecule has 2 saturated heterocycles. The molecule has 0 aliphatic carbocycles. The van der Waals surface area contributed by atoms with Crippen LogP contribution in [0.2, 0.25) is 0 Å². The van der Waals surface area contributed by atoms with E-state index in [4.69, 9.17) is 0 Å². The Morgan fingerprint density at radius 1 is 1.05 bits per heavy atom. The predicted molar refractivity (Wildman–Crippen MR) is 86.4 cm³/mol. The maximum Gasteiger partial charge on any atom is 0.280 e. The summed E-state index contributed by atoms with van der Waals surface area (Å²) in [4.78, 5) is 0. The Labute approximate surface area is 130 Å². The van der Waals surface area contributed by atoms with Crippen molar-refractivity contribution in [2.24, 2.45) is 5.92 Å². The minimum Gasteiger partial charge on any atom is -0.317 e.